The molecule has 3 heteroatoms. The standard InChI is InChI=1S/C17H19BrO2/c1-11-8-17(20-3)12(2)7-15(11)16(19)10-13-5-4-6-14(18)9-13/h4-9,16,19H,10H2,1-3H3. The van der Waals surface area contributed by atoms with Gasteiger partial charge in [0.25, 0.3) is 0 Å². The van der Waals surface area contributed by atoms with Gasteiger partial charge in [0.2, 0.25) is 0 Å². The summed E-state index contributed by atoms with van der Waals surface area (Å²) in [5, 5.41) is 10.5. The maximum atomic E-state index is 10.5. The van der Waals surface area contributed by atoms with Crippen molar-refractivity contribution in [2.75, 3.05) is 7.11 Å². The molecule has 2 nitrogen and oxygen atoms in total. The minimum Gasteiger partial charge on any atom is -0.496 e. The number of hydrogen-bond donors (Lipinski definition) is 1. The van der Waals surface area contributed by atoms with E-state index >= 15 is 0 Å². The van der Waals surface area contributed by atoms with Crippen LogP contribution in [0.5, 0.6) is 5.75 Å². The van der Waals surface area contributed by atoms with Crippen molar-refractivity contribution < 1.29 is 9.84 Å². The summed E-state index contributed by atoms with van der Waals surface area (Å²) in [6, 6.07) is 12.0. The van der Waals surface area contributed by atoms with E-state index in [1.54, 1.807) is 7.11 Å². The van der Waals surface area contributed by atoms with E-state index in [1.807, 2.05) is 50.2 Å². The molecule has 0 saturated heterocycles. The van der Waals surface area contributed by atoms with Gasteiger partial charge < -0.3 is 9.84 Å². The summed E-state index contributed by atoms with van der Waals surface area (Å²) in [6.45, 7) is 4.00. The zero-order valence-corrected chi connectivity index (χ0v) is 13.6. The van der Waals surface area contributed by atoms with Crippen LogP contribution in [0.1, 0.15) is 28.4 Å². The van der Waals surface area contributed by atoms with Crippen LogP contribution in [-0.4, -0.2) is 12.2 Å². The largest absolute Gasteiger partial charge is 0.496 e. The second kappa shape index (κ2) is 6.42. The van der Waals surface area contributed by atoms with Crippen LogP contribution in [0.25, 0.3) is 0 Å². The molecule has 2 aromatic carbocycles. The molecule has 0 saturated carbocycles. The van der Waals surface area contributed by atoms with E-state index in [0.29, 0.717) is 6.42 Å². The highest BCUT2D eigenvalue weighted by Gasteiger charge is 2.14. The van der Waals surface area contributed by atoms with Gasteiger partial charge in [-0.15, -0.1) is 0 Å². The number of hydrogen-bond acceptors (Lipinski definition) is 2. The van der Waals surface area contributed by atoms with Gasteiger partial charge in [-0.2, -0.15) is 0 Å². The van der Waals surface area contributed by atoms with Gasteiger partial charge in [0.15, 0.2) is 0 Å². The summed E-state index contributed by atoms with van der Waals surface area (Å²) in [4.78, 5) is 0. The van der Waals surface area contributed by atoms with Crippen LogP contribution in [0, 0.1) is 13.8 Å². The molecule has 0 heterocycles. The summed E-state index contributed by atoms with van der Waals surface area (Å²) in [5.41, 5.74) is 4.17. The van der Waals surface area contributed by atoms with Crippen LogP contribution in [0.4, 0.5) is 0 Å². The fraction of sp³-hybridized carbons (Fsp3) is 0.294. The zero-order chi connectivity index (χ0) is 14.7. The van der Waals surface area contributed by atoms with Crippen LogP contribution in [-0.2, 0) is 6.42 Å². The first-order chi connectivity index (χ1) is 9.51. The molecule has 106 valence electrons. The second-order valence-electron chi connectivity index (χ2n) is 5.03. The summed E-state index contributed by atoms with van der Waals surface area (Å²) in [6.07, 6.45) is 0.0976. The number of aryl methyl sites for hydroxylation is 2. The van der Waals surface area contributed by atoms with Crippen molar-refractivity contribution >= 4 is 15.9 Å². The third-order valence-electron chi connectivity index (χ3n) is 3.46. The maximum Gasteiger partial charge on any atom is 0.122 e. The van der Waals surface area contributed by atoms with Gasteiger partial charge in [0.1, 0.15) is 5.75 Å². The lowest BCUT2D eigenvalue weighted by molar-refractivity contribution is 0.177. The van der Waals surface area contributed by atoms with Gasteiger partial charge in [-0.25, -0.2) is 0 Å². The van der Waals surface area contributed by atoms with Crippen LogP contribution in [0.3, 0.4) is 0 Å². The molecular formula is C17H19BrO2. The molecule has 0 aliphatic carbocycles. The van der Waals surface area contributed by atoms with Crippen molar-refractivity contribution in [3.63, 3.8) is 0 Å². The van der Waals surface area contributed by atoms with Gasteiger partial charge in [-0.1, -0.05) is 28.1 Å². The molecule has 0 aromatic heterocycles. The fourth-order valence-corrected chi connectivity index (χ4v) is 2.83. The Morgan fingerprint density at radius 1 is 1.15 bits per heavy atom. The number of aliphatic hydroxyl groups excluding tert-OH is 1. The van der Waals surface area contributed by atoms with E-state index in [4.69, 9.17) is 4.74 Å². The van der Waals surface area contributed by atoms with Crippen molar-refractivity contribution in [2.45, 2.75) is 26.4 Å². The first-order valence-electron chi connectivity index (χ1n) is 6.59. The van der Waals surface area contributed by atoms with E-state index in [2.05, 4.69) is 15.9 Å². The number of aliphatic hydroxyl groups is 1. The predicted molar refractivity (Wildman–Crippen MR) is 85.3 cm³/mol. The SMILES string of the molecule is COc1cc(C)c(C(O)Cc2cccc(Br)c2)cc1C. The van der Waals surface area contributed by atoms with Gasteiger partial charge in [0.05, 0.1) is 13.2 Å². The molecule has 2 rings (SSSR count). The van der Waals surface area contributed by atoms with Crippen LogP contribution in [0.15, 0.2) is 40.9 Å². The molecule has 0 fully saturated rings. The molecular weight excluding hydrogens is 316 g/mol. The van der Waals surface area contributed by atoms with Crippen LogP contribution < -0.4 is 4.74 Å². The summed E-state index contributed by atoms with van der Waals surface area (Å²) < 4.78 is 6.34. The normalized spacial score (nSPS) is 12.2. The highest BCUT2D eigenvalue weighted by atomic mass is 79.9. The molecule has 2 aromatic rings. The number of benzene rings is 2. The van der Waals surface area contributed by atoms with Gasteiger partial charge >= 0.3 is 0 Å². The van der Waals surface area contributed by atoms with Crippen molar-refractivity contribution in [3.05, 3.63) is 63.1 Å². The van der Waals surface area contributed by atoms with E-state index in [1.165, 1.54) is 0 Å². The lowest BCUT2D eigenvalue weighted by atomic mass is 9.95. The molecule has 0 aliphatic heterocycles. The average molecular weight is 335 g/mol. The fourth-order valence-electron chi connectivity index (χ4n) is 2.39. The first-order valence-corrected chi connectivity index (χ1v) is 7.38. The van der Waals surface area contributed by atoms with Crippen molar-refractivity contribution in [2.24, 2.45) is 0 Å². The first kappa shape index (κ1) is 15.1. The molecule has 0 amide bonds. The number of halogens is 1. The Labute approximate surface area is 128 Å². The Bertz CT molecular complexity index is 608. The topological polar surface area (TPSA) is 29.5 Å². The van der Waals surface area contributed by atoms with Gasteiger partial charge in [0, 0.05) is 10.9 Å². The average Bonchev–Trinajstić information content (AvgIpc) is 2.40. The van der Waals surface area contributed by atoms with Gasteiger partial charge in [-0.05, 0) is 60.4 Å². The summed E-state index contributed by atoms with van der Waals surface area (Å²) >= 11 is 3.46. The van der Waals surface area contributed by atoms with Crippen molar-refractivity contribution in [1.82, 2.24) is 0 Å². The third-order valence-corrected chi connectivity index (χ3v) is 3.95. The maximum absolute atomic E-state index is 10.5. The Morgan fingerprint density at radius 3 is 2.55 bits per heavy atom. The lowest BCUT2D eigenvalue weighted by Gasteiger charge is -2.16. The Kier molecular flexibility index (Phi) is 4.84. The van der Waals surface area contributed by atoms with Crippen molar-refractivity contribution in [1.29, 1.82) is 0 Å². The second-order valence-corrected chi connectivity index (χ2v) is 5.94. The molecule has 1 N–H and O–H groups in total. The molecule has 0 radical (unpaired) electrons. The van der Waals surface area contributed by atoms with Crippen LogP contribution in [0.2, 0.25) is 0 Å². The monoisotopic (exact) mass is 334 g/mol. The summed E-state index contributed by atoms with van der Waals surface area (Å²) in [7, 11) is 1.67. The summed E-state index contributed by atoms with van der Waals surface area (Å²) in [5.74, 6) is 0.862. The molecule has 0 bridgehead atoms. The quantitative estimate of drug-likeness (QED) is 0.900. The minimum absolute atomic E-state index is 0.506. The number of ether oxygens (including phenoxy) is 1. The van der Waals surface area contributed by atoms with Crippen molar-refractivity contribution in [3.8, 4) is 5.75 Å². The molecule has 0 spiro atoms. The van der Waals surface area contributed by atoms with E-state index in [-0.39, 0.29) is 0 Å². The van der Waals surface area contributed by atoms with E-state index in [0.717, 1.165) is 32.5 Å². The van der Waals surface area contributed by atoms with Gasteiger partial charge in [-0.3, -0.25) is 0 Å². The van der Waals surface area contributed by atoms with E-state index in [9.17, 15) is 5.11 Å². The molecule has 20 heavy (non-hydrogen) atoms. The molecule has 1 unspecified atom stereocenters. The van der Waals surface area contributed by atoms with Crippen LogP contribution >= 0.6 is 15.9 Å². The molecule has 1 atom stereocenters. The Hall–Kier alpha value is -1.32. The minimum atomic E-state index is -0.506. The Morgan fingerprint density at radius 2 is 1.90 bits per heavy atom. The smallest absolute Gasteiger partial charge is 0.122 e. The zero-order valence-electron chi connectivity index (χ0n) is 12.0. The highest BCUT2D eigenvalue weighted by molar-refractivity contribution is 9.10. The number of methoxy groups -OCH3 is 1. The number of rotatable bonds is 4. The lowest BCUT2D eigenvalue weighted by Crippen LogP contribution is -2.05. The third kappa shape index (κ3) is 3.41. The predicted octanol–water partition coefficient (Wildman–Crippen LogP) is 4.35. The van der Waals surface area contributed by atoms with E-state index < -0.39 is 6.10 Å². The molecule has 0 aliphatic rings. The highest BCUT2D eigenvalue weighted by Crippen LogP contribution is 2.28. The Balaban J connectivity index is 2.25.